The van der Waals surface area contributed by atoms with E-state index in [1.165, 1.54) is 0 Å². The number of anilines is 2. The van der Waals surface area contributed by atoms with Gasteiger partial charge in [-0.05, 0) is 36.4 Å². The molecular formula is C19H18N4O3S. The fourth-order valence-corrected chi connectivity index (χ4v) is 4.43. The Hall–Kier alpha value is -2.87. The first-order valence-corrected chi connectivity index (χ1v) is 9.79. The van der Waals surface area contributed by atoms with Gasteiger partial charge in [0.25, 0.3) is 0 Å². The van der Waals surface area contributed by atoms with Crippen LogP contribution in [0.15, 0.2) is 36.0 Å². The van der Waals surface area contributed by atoms with Crippen molar-refractivity contribution in [2.24, 2.45) is 5.92 Å². The molecule has 7 nitrogen and oxygen atoms in total. The number of aromatic nitrogens is 2. The minimum absolute atomic E-state index is 0.00710. The van der Waals surface area contributed by atoms with Gasteiger partial charge in [-0.25, -0.2) is 9.97 Å². The van der Waals surface area contributed by atoms with Crippen LogP contribution in [0.25, 0.3) is 10.2 Å². The Morgan fingerprint density at radius 2 is 2.00 bits per heavy atom. The van der Waals surface area contributed by atoms with E-state index >= 15 is 0 Å². The van der Waals surface area contributed by atoms with Gasteiger partial charge in [-0.2, -0.15) is 0 Å². The van der Waals surface area contributed by atoms with Crippen molar-refractivity contribution in [3.63, 3.8) is 0 Å². The number of hydrogen-bond donors (Lipinski definition) is 1. The number of nitrogens with zero attached hydrogens (tertiary/aromatic N) is 3. The third-order valence-electron chi connectivity index (χ3n) is 5.03. The number of carbonyl (C=O) groups is 1. The summed E-state index contributed by atoms with van der Waals surface area (Å²) in [5.74, 6) is 2.41. The lowest BCUT2D eigenvalue weighted by Gasteiger charge is -2.32. The Bertz CT molecular complexity index is 998. The lowest BCUT2D eigenvalue weighted by Crippen LogP contribution is -2.38. The molecule has 0 atom stereocenters. The molecule has 2 aliphatic rings. The van der Waals surface area contributed by atoms with Gasteiger partial charge in [0.1, 0.15) is 12.1 Å². The minimum atomic E-state index is -0.00710. The third-order valence-corrected chi connectivity index (χ3v) is 5.93. The molecule has 2 aliphatic heterocycles. The fourth-order valence-electron chi connectivity index (χ4n) is 3.57. The second kappa shape index (κ2) is 6.70. The molecule has 27 heavy (non-hydrogen) atoms. The molecule has 0 unspecified atom stereocenters. The van der Waals surface area contributed by atoms with Crippen molar-refractivity contribution >= 4 is 39.0 Å². The lowest BCUT2D eigenvalue weighted by atomic mass is 9.95. The average molecular weight is 382 g/mol. The lowest BCUT2D eigenvalue weighted by molar-refractivity contribution is -0.120. The molecule has 0 saturated carbocycles. The van der Waals surface area contributed by atoms with E-state index in [9.17, 15) is 4.79 Å². The maximum absolute atomic E-state index is 12.7. The quantitative estimate of drug-likeness (QED) is 0.749. The van der Waals surface area contributed by atoms with E-state index in [-0.39, 0.29) is 18.6 Å². The first kappa shape index (κ1) is 16.3. The molecule has 5 rings (SSSR count). The number of nitrogens with one attached hydrogen (secondary N) is 1. The summed E-state index contributed by atoms with van der Waals surface area (Å²) in [5.41, 5.74) is 1.72. The number of rotatable bonds is 3. The number of thiophene rings is 1. The molecule has 138 valence electrons. The zero-order chi connectivity index (χ0) is 18.2. The normalized spacial score (nSPS) is 16.7. The van der Waals surface area contributed by atoms with Crippen molar-refractivity contribution < 1.29 is 14.3 Å². The van der Waals surface area contributed by atoms with Crippen molar-refractivity contribution in [1.82, 2.24) is 9.97 Å². The first-order chi connectivity index (χ1) is 13.3. The molecule has 1 fully saturated rings. The number of benzene rings is 1. The van der Waals surface area contributed by atoms with E-state index in [0.717, 1.165) is 47.7 Å². The molecule has 1 amide bonds. The topological polar surface area (TPSA) is 76.6 Å². The van der Waals surface area contributed by atoms with Crippen LogP contribution < -0.4 is 19.7 Å². The van der Waals surface area contributed by atoms with Gasteiger partial charge in [-0.15, -0.1) is 11.3 Å². The highest BCUT2D eigenvalue weighted by atomic mass is 32.1. The maximum Gasteiger partial charge on any atom is 0.231 e. The molecule has 0 bridgehead atoms. The molecule has 0 spiro atoms. The number of fused-ring (bicyclic) bond motifs is 2. The van der Waals surface area contributed by atoms with E-state index in [0.29, 0.717) is 11.5 Å². The molecule has 1 N–H and O–H groups in total. The van der Waals surface area contributed by atoms with Crippen LogP contribution in [0, 0.1) is 5.92 Å². The summed E-state index contributed by atoms with van der Waals surface area (Å²) in [7, 11) is 0. The summed E-state index contributed by atoms with van der Waals surface area (Å²) in [6.45, 7) is 1.85. The predicted octanol–water partition coefficient (Wildman–Crippen LogP) is 3.28. The molecule has 0 aliphatic carbocycles. The molecule has 8 heteroatoms. The standard InChI is InChI=1S/C19H18N4O3S/c24-19(22-13-1-2-15-16(9-13)26-11-25-15)12-3-6-23(7-4-12)18-17-14(5-8-27-17)20-10-21-18/h1-2,5,8-10,12H,3-4,6-7,11H2,(H,22,24). The second-order valence-electron chi connectivity index (χ2n) is 6.65. The van der Waals surface area contributed by atoms with E-state index in [1.54, 1.807) is 17.7 Å². The van der Waals surface area contributed by atoms with Crippen LogP contribution in [-0.4, -0.2) is 35.8 Å². The molecule has 0 radical (unpaired) electrons. The van der Waals surface area contributed by atoms with Gasteiger partial charge in [0, 0.05) is 30.8 Å². The van der Waals surface area contributed by atoms with Crippen LogP contribution in [0.4, 0.5) is 11.5 Å². The first-order valence-electron chi connectivity index (χ1n) is 8.91. The van der Waals surface area contributed by atoms with Gasteiger partial charge >= 0.3 is 0 Å². The smallest absolute Gasteiger partial charge is 0.231 e. The van der Waals surface area contributed by atoms with E-state index in [4.69, 9.17) is 9.47 Å². The van der Waals surface area contributed by atoms with Crippen LogP contribution in [-0.2, 0) is 4.79 Å². The van der Waals surface area contributed by atoms with Crippen molar-refractivity contribution in [3.05, 3.63) is 36.0 Å². The van der Waals surface area contributed by atoms with Crippen LogP contribution in [0.1, 0.15) is 12.8 Å². The number of hydrogen-bond acceptors (Lipinski definition) is 7. The fraction of sp³-hybridized carbons (Fsp3) is 0.316. The van der Waals surface area contributed by atoms with E-state index in [1.807, 2.05) is 29.6 Å². The third kappa shape index (κ3) is 3.06. The van der Waals surface area contributed by atoms with E-state index in [2.05, 4.69) is 20.2 Å². The number of ether oxygens (including phenoxy) is 2. The number of carbonyl (C=O) groups excluding carboxylic acids is 1. The molecular weight excluding hydrogens is 364 g/mol. The Kier molecular flexibility index (Phi) is 4.05. The van der Waals surface area contributed by atoms with E-state index < -0.39 is 0 Å². The highest BCUT2D eigenvalue weighted by molar-refractivity contribution is 7.17. The summed E-state index contributed by atoms with van der Waals surface area (Å²) in [5, 5.41) is 5.04. The van der Waals surface area contributed by atoms with Gasteiger partial charge in [-0.1, -0.05) is 0 Å². The van der Waals surface area contributed by atoms with Crippen LogP contribution >= 0.6 is 11.3 Å². The minimum Gasteiger partial charge on any atom is -0.454 e. The molecule has 3 aromatic rings. The van der Waals surface area contributed by atoms with Crippen LogP contribution in [0.3, 0.4) is 0 Å². The summed E-state index contributed by atoms with van der Waals surface area (Å²) >= 11 is 1.66. The molecule has 1 aromatic carbocycles. The predicted molar refractivity (Wildman–Crippen MR) is 104 cm³/mol. The Labute approximate surface area is 159 Å². The highest BCUT2D eigenvalue weighted by Crippen LogP contribution is 2.35. The second-order valence-corrected chi connectivity index (χ2v) is 7.57. The summed E-state index contributed by atoms with van der Waals surface area (Å²) in [6.07, 6.45) is 3.21. The zero-order valence-electron chi connectivity index (χ0n) is 14.6. The van der Waals surface area contributed by atoms with Gasteiger partial charge in [-0.3, -0.25) is 4.79 Å². The summed E-state index contributed by atoms with van der Waals surface area (Å²) < 4.78 is 11.8. The average Bonchev–Trinajstić information content (AvgIpc) is 3.36. The highest BCUT2D eigenvalue weighted by Gasteiger charge is 2.27. The van der Waals surface area contributed by atoms with Gasteiger partial charge in [0.05, 0.1) is 10.2 Å². The molecule has 1 saturated heterocycles. The Morgan fingerprint density at radius 1 is 1.15 bits per heavy atom. The van der Waals surface area contributed by atoms with Crippen LogP contribution in [0.5, 0.6) is 11.5 Å². The monoisotopic (exact) mass is 382 g/mol. The Balaban J connectivity index is 1.24. The zero-order valence-corrected chi connectivity index (χ0v) is 15.4. The number of piperidine rings is 1. The van der Waals surface area contributed by atoms with Crippen molar-refractivity contribution in [1.29, 1.82) is 0 Å². The summed E-state index contributed by atoms with van der Waals surface area (Å²) in [4.78, 5) is 23.7. The van der Waals surface area contributed by atoms with Crippen LogP contribution in [0.2, 0.25) is 0 Å². The number of amides is 1. The SMILES string of the molecule is O=C(Nc1ccc2c(c1)OCO2)C1CCN(c2ncnc3ccsc23)CC1. The maximum atomic E-state index is 12.7. The van der Waals surface area contributed by atoms with Crippen molar-refractivity contribution in [2.45, 2.75) is 12.8 Å². The molecule has 2 aromatic heterocycles. The van der Waals surface area contributed by atoms with Gasteiger partial charge < -0.3 is 19.7 Å². The largest absolute Gasteiger partial charge is 0.454 e. The van der Waals surface area contributed by atoms with Crippen molar-refractivity contribution in [3.8, 4) is 11.5 Å². The van der Waals surface area contributed by atoms with Gasteiger partial charge in [0.15, 0.2) is 11.5 Å². The van der Waals surface area contributed by atoms with Gasteiger partial charge in [0.2, 0.25) is 12.7 Å². The van der Waals surface area contributed by atoms with Crippen molar-refractivity contribution in [2.75, 3.05) is 30.1 Å². The summed E-state index contributed by atoms with van der Waals surface area (Å²) in [6, 6.07) is 7.48. The Morgan fingerprint density at radius 3 is 2.89 bits per heavy atom. The molecule has 4 heterocycles.